The predicted octanol–water partition coefficient (Wildman–Crippen LogP) is 1.61. The molecule has 1 N–H and O–H groups in total. The minimum absolute atomic E-state index is 0.0111. The molecule has 0 radical (unpaired) electrons. The van der Waals surface area contributed by atoms with Crippen LogP contribution in [-0.2, 0) is 9.59 Å². The van der Waals surface area contributed by atoms with Crippen LogP contribution < -0.4 is 5.32 Å². The van der Waals surface area contributed by atoms with Crippen molar-refractivity contribution in [1.82, 2.24) is 5.32 Å². The van der Waals surface area contributed by atoms with Gasteiger partial charge in [0.05, 0.1) is 6.04 Å². The van der Waals surface area contributed by atoms with E-state index in [9.17, 15) is 9.59 Å². The Labute approximate surface area is 90.0 Å². The third-order valence-corrected chi connectivity index (χ3v) is 2.92. The van der Waals surface area contributed by atoms with Crippen molar-refractivity contribution in [3.05, 3.63) is 0 Å². The molecule has 0 saturated carbocycles. The van der Waals surface area contributed by atoms with E-state index in [1.807, 2.05) is 0 Å². The molecule has 1 atom stereocenters. The van der Waals surface area contributed by atoms with Crippen molar-refractivity contribution in [2.45, 2.75) is 45.4 Å². The Morgan fingerprint density at radius 1 is 1.29 bits per heavy atom. The third-order valence-electron chi connectivity index (χ3n) is 1.55. The zero-order chi connectivity index (χ0) is 11.4. The van der Waals surface area contributed by atoms with Crippen molar-refractivity contribution in [2.24, 2.45) is 0 Å². The molecule has 14 heavy (non-hydrogen) atoms. The Balaban J connectivity index is 4.11. The Morgan fingerprint density at radius 3 is 2.07 bits per heavy atom. The van der Waals surface area contributed by atoms with Crippen molar-refractivity contribution in [3.8, 4) is 0 Å². The predicted molar refractivity (Wildman–Crippen MR) is 60.5 cm³/mol. The molecular formula is C10H19NO2S. The molecule has 0 aromatic carbocycles. The van der Waals surface area contributed by atoms with Crippen molar-refractivity contribution in [2.75, 3.05) is 5.75 Å². The lowest BCUT2D eigenvalue weighted by atomic mass is 10.2. The molecule has 0 aliphatic rings. The summed E-state index contributed by atoms with van der Waals surface area (Å²) < 4.78 is 0.117. The number of rotatable bonds is 4. The summed E-state index contributed by atoms with van der Waals surface area (Å²) in [5.74, 6) is 0.495. The van der Waals surface area contributed by atoms with E-state index in [0.717, 1.165) is 0 Å². The highest BCUT2D eigenvalue weighted by Crippen LogP contribution is 2.23. The number of Topliss-reactive ketones (excluding diaryl/α,β-unsaturated/α-hetero) is 1. The quantitative estimate of drug-likeness (QED) is 0.778. The Kier molecular flexibility index (Phi) is 5.19. The van der Waals surface area contributed by atoms with Gasteiger partial charge in [0, 0.05) is 17.4 Å². The monoisotopic (exact) mass is 217 g/mol. The topological polar surface area (TPSA) is 46.2 Å². The molecule has 0 fully saturated rings. The summed E-state index contributed by atoms with van der Waals surface area (Å²) in [5.41, 5.74) is 0. The van der Waals surface area contributed by atoms with Gasteiger partial charge in [0.25, 0.3) is 0 Å². The van der Waals surface area contributed by atoms with Crippen molar-refractivity contribution in [3.63, 3.8) is 0 Å². The zero-order valence-electron chi connectivity index (χ0n) is 9.51. The van der Waals surface area contributed by atoms with Crippen molar-refractivity contribution in [1.29, 1.82) is 0 Å². The Morgan fingerprint density at radius 2 is 1.79 bits per heavy atom. The van der Waals surface area contributed by atoms with Crippen LogP contribution in [0.1, 0.15) is 34.6 Å². The van der Waals surface area contributed by atoms with Gasteiger partial charge in [0.15, 0.2) is 5.78 Å². The van der Waals surface area contributed by atoms with E-state index in [4.69, 9.17) is 0 Å². The van der Waals surface area contributed by atoms with Gasteiger partial charge in [-0.1, -0.05) is 20.8 Å². The Hall–Kier alpha value is -0.510. The lowest BCUT2D eigenvalue weighted by Gasteiger charge is -2.21. The fourth-order valence-corrected chi connectivity index (χ4v) is 1.82. The molecule has 0 saturated heterocycles. The lowest BCUT2D eigenvalue weighted by Crippen LogP contribution is -2.41. The van der Waals surface area contributed by atoms with E-state index in [1.165, 1.54) is 13.8 Å². The van der Waals surface area contributed by atoms with Gasteiger partial charge in [-0.05, 0) is 6.92 Å². The highest BCUT2D eigenvalue weighted by molar-refractivity contribution is 8.00. The molecule has 1 amide bonds. The molecule has 0 bridgehead atoms. The molecular weight excluding hydrogens is 198 g/mol. The highest BCUT2D eigenvalue weighted by Gasteiger charge is 2.19. The van der Waals surface area contributed by atoms with E-state index < -0.39 is 0 Å². The van der Waals surface area contributed by atoms with Crippen LogP contribution in [0.2, 0.25) is 0 Å². The van der Waals surface area contributed by atoms with E-state index in [2.05, 4.69) is 26.1 Å². The molecule has 4 heteroatoms. The number of nitrogens with one attached hydrogen (secondary N) is 1. The van der Waals surface area contributed by atoms with Crippen LogP contribution in [0.15, 0.2) is 0 Å². The number of carbonyl (C=O) groups is 2. The summed E-state index contributed by atoms with van der Waals surface area (Å²) in [6.07, 6.45) is 0. The average Bonchev–Trinajstić information content (AvgIpc) is 1.94. The fraction of sp³-hybridized carbons (Fsp3) is 0.800. The molecule has 82 valence electrons. The molecule has 0 heterocycles. The van der Waals surface area contributed by atoms with Gasteiger partial charge in [-0.3, -0.25) is 9.59 Å². The van der Waals surface area contributed by atoms with Crippen LogP contribution in [0.4, 0.5) is 0 Å². The standard InChI is InChI=1S/C10H19NO2S/c1-7(12)9(11-8(2)13)6-14-10(3,4)5/h9H,6H2,1-5H3,(H,11,13)/t9-/m0/s1. The van der Waals surface area contributed by atoms with Gasteiger partial charge in [-0.15, -0.1) is 0 Å². The summed E-state index contributed by atoms with van der Waals surface area (Å²) in [5, 5.41) is 2.64. The van der Waals surface area contributed by atoms with E-state index in [-0.39, 0.29) is 22.5 Å². The minimum atomic E-state index is -0.350. The molecule has 3 nitrogen and oxygen atoms in total. The SMILES string of the molecule is CC(=O)N[C@@H](CSC(C)(C)C)C(C)=O. The minimum Gasteiger partial charge on any atom is -0.346 e. The number of ketones is 1. The maximum absolute atomic E-state index is 11.2. The van der Waals surface area contributed by atoms with Gasteiger partial charge < -0.3 is 5.32 Å². The van der Waals surface area contributed by atoms with Crippen molar-refractivity contribution < 1.29 is 9.59 Å². The van der Waals surface area contributed by atoms with Crippen LogP contribution in [0.5, 0.6) is 0 Å². The molecule has 0 aromatic heterocycles. The number of hydrogen-bond acceptors (Lipinski definition) is 3. The second-order valence-electron chi connectivity index (χ2n) is 4.29. The van der Waals surface area contributed by atoms with Gasteiger partial charge in [-0.25, -0.2) is 0 Å². The van der Waals surface area contributed by atoms with Gasteiger partial charge in [0.1, 0.15) is 0 Å². The van der Waals surface area contributed by atoms with Crippen LogP contribution in [-0.4, -0.2) is 28.2 Å². The normalized spacial score (nSPS) is 13.5. The molecule has 0 aliphatic carbocycles. The highest BCUT2D eigenvalue weighted by atomic mass is 32.2. The maximum atomic E-state index is 11.2. The second-order valence-corrected chi connectivity index (χ2v) is 6.13. The van der Waals surface area contributed by atoms with Crippen LogP contribution in [0.3, 0.4) is 0 Å². The first-order chi connectivity index (χ1) is 6.22. The summed E-state index contributed by atoms with van der Waals surface area (Å²) >= 11 is 1.68. The summed E-state index contributed by atoms with van der Waals surface area (Å²) in [4.78, 5) is 22.0. The maximum Gasteiger partial charge on any atom is 0.217 e. The second kappa shape index (κ2) is 5.39. The summed E-state index contributed by atoms with van der Waals surface area (Å²) in [6, 6.07) is -0.350. The average molecular weight is 217 g/mol. The number of carbonyl (C=O) groups excluding carboxylic acids is 2. The van der Waals surface area contributed by atoms with Crippen LogP contribution in [0.25, 0.3) is 0 Å². The first-order valence-electron chi connectivity index (χ1n) is 4.64. The molecule has 0 rings (SSSR count). The smallest absolute Gasteiger partial charge is 0.217 e. The van der Waals surface area contributed by atoms with E-state index in [0.29, 0.717) is 5.75 Å². The number of hydrogen-bond donors (Lipinski definition) is 1. The van der Waals surface area contributed by atoms with Gasteiger partial charge in [-0.2, -0.15) is 11.8 Å². The Bertz CT molecular complexity index is 221. The van der Waals surface area contributed by atoms with Gasteiger partial charge >= 0.3 is 0 Å². The van der Waals surface area contributed by atoms with Gasteiger partial charge in [0.2, 0.25) is 5.91 Å². The van der Waals surface area contributed by atoms with E-state index >= 15 is 0 Å². The fourth-order valence-electron chi connectivity index (χ4n) is 0.839. The molecule has 0 unspecified atom stereocenters. The summed E-state index contributed by atoms with van der Waals surface area (Å²) in [7, 11) is 0. The molecule has 0 aromatic rings. The largest absolute Gasteiger partial charge is 0.346 e. The zero-order valence-corrected chi connectivity index (χ0v) is 10.3. The number of thioether (sulfide) groups is 1. The molecule has 0 aliphatic heterocycles. The van der Waals surface area contributed by atoms with Crippen LogP contribution in [0, 0.1) is 0 Å². The number of amides is 1. The van der Waals surface area contributed by atoms with Crippen molar-refractivity contribution >= 4 is 23.5 Å². The molecule has 0 spiro atoms. The third kappa shape index (κ3) is 6.95. The van der Waals surface area contributed by atoms with Crippen LogP contribution >= 0.6 is 11.8 Å². The summed E-state index contributed by atoms with van der Waals surface area (Å²) in [6.45, 7) is 9.19. The first-order valence-corrected chi connectivity index (χ1v) is 5.62. The lowest BCUT2D eigenvalue weighted by molar-refractivity contribution is -0.125. The van der Waals surface area contributed by atoms with E-state index in [1.54, 1.807) is 11.8 Å². The first kappa shape index (κ1) is 13.5.